The fourth-order valence-electron chi connectivity index (χ4n) is 2.27. The summed E-state index contributed by atoms with van der Waals surface area (Å²) in [5, 5.41) is 5.19. The van der Waals surface area contributed by atoms with Gasteiger partial charge in [-0.3, -0.25) is 4.98 Å². The number of nitrogens with one attached hydrogen (secondary N) is 1. The highest BCUT2D eigenvalue weighted by Crippen LogP contribution is 2.30. The fourth-order valence-corrected chi connectivity index (χ4v) is 2.50. The summed E-state index contributed by atoms with van der Waals surface area (Å²) in [5.74, 6) is 0.811. The standard InChI is InChI=1S/C17H15ClN2O/c1-11-9-12(18)3-5-15(11)20-17-7-8-19-16-6-4-13(21-2)10-14(16)17/h3-10H,1-2H3,(H,19,20). The van der Waals surface area contributed by atoms with Gasteiger partial charge in [-0.2, -0.15) is 0 Å². The second kappa shape index (κ2) is 5.62. The van der Waals surface area contributed by atoms with Gasteiger partial charge in [0.1, 0.15) is 5.75 Å². The Kier molecular flexibility index (Phi) is 3.67. The lowest BCUT2D eigenvalue weighted by molar-refractivity contribution is 0.415. The van der Waals surface area contributed by atoms with Crippen LogP contribution in [0, 0.1) is 6.92 Å². The number of aryl methyl sites for hydroxylation is 1. The van der Waals surface area contributed by atoms with Crippen LogP contribution < -0.4 is 10.1 Å². The van der Waals surface area contributed by atoms with E-state index in [4.69, 9.17) is 16.3 Å². The van der Waals surface area contributed by atoms with E-state index < -0.39 is 0 Å². The highest BCUT2D eigenvalue weighted by Gasteiger charge is 2.06. The molecule has 0 radical (unpaired) electrons. The summed E-state index contributed by atoms with van der Waals surface area (Å²) in [6, 6.07) is 13.6. The van der Waals surface area contributed by atoms with Crippen LogP contribution in [0.15, 0.2) is 48.7 Å². The first-order chi connectivity index (χ1) is 10.2. The Bertz CT molecular complexity index is 802. The second-order valence-electron chi connectivity index (χ2n) is 4.83. The normalized spacial score (nSPS) is 10.6. The van der Waals surface area contributed by atoms with E-state index in [1.54, 1.807) is 13.3 Å². The second-order valence-corrected chi connectivity index (χ2v) is 5.26. The Morgan fingerprint density at radius 2 is 1.90 bits per heavy atom. The SMILES string of the molecule is COc1ccc2nccc(Nc3ccc(Cl)cc3C)c2c1. The number of halogens is 1. The van der Waals surface area contributed by atoms with Gasteiger partial charge in [0, 0.05) is 28.0 Å². The Morgan fingerprint density at radius 3 is 2.67 bits per heavy atom. The summed E-state index contributed by atoms with van der Waals surface area (Å²) in [7, 11) is 1.66. The van der Waals surface area contributed by atoms with E-state index in [0.29, 0.717) is 0 Å². The molecule has 0 aliphatic rings. The largest absolute Gasteiger partial charge is 0.497 e. The summed E-state index contributed by atoms with van der Waals surface area (Å²) in [5.41, 5.74) is 4.03. The molecule has 0 saturated carbocycles. The minimum atomic E-state index is 0.735. The monoisotopic (exact) mass is 298 g/mol. The quantitative estimate of drug-likeness (QED) is 0.743. The number of aromatic nitrogens is 1. The molecule has 1 aromatic heterocycles. The summed E-state index contributed by atoms with van der Waals surface area (Å²) >= 11 is 6.00. The maximum absolute atomic E-state index is 6.00. The zero-order chi connectivity index (χ0) is 14.8. The zero-order valence-corrected chi connectivity index (χ0v) is 12.6. The van der Waals surface area contributed by atoms with Gasteiger partial charge >= 0.3 is 0 Å². The van der Waals surface area contributed by atoms with E-state index in [1.165, 1.54) is 0 Å². The molecule has 21 heavy (non-hydrogen) atoms. The van der Waals surface area contributed by atoms with E-state index >= 15 is 0 Å². The van der Waals surface area contributed by atoms with E-state index in [0.717, 1.165) is 38.6 Å². The lowest BCUT2D eigenvalue weighted by Gasteiger charge is -2.12. The third-order valence-corrected chi connectivity index (χ3v) is 3.64. The third-order valence-electron chi connectivity index (χ3n) is 3.41. The van der Waals surface area contributed by atoms with Gasteiger partial charge in [0.05, 0.1) is 12.6 Å². The Balaban J connectivity index is 2.07. The number of ether oxygens (including phenoxy) is 1. The Labute approximate surface area is 128 Å². The van der Waals surface area contributed by atoms with Crippen LogP contribution in [-0.4, -0.2) is 12.1 Å². The molecule has 0 unspecified atom stereocenters. The van der Waals surface area contributed by atoms with Crippen molar-refractivity contribution in [2.75, 3.05) is 12.4 Å². The molecule has 4 heteroatoms. The number of pyridine rings is 1. The van der Waals surface area contributed by atoms with Gasteiger partial charge in [-0.1, -0.05) is 11.6 Å². The lowest BCUT2D eigenvalue weighted by atomic mass is 10.1. The predicted octanol–water partition coefficient (Wildman–Crippen LogP) is 4.95. The van der Waals surface area contributed by atoms with Crippen LogP contribution in [-0.2, 0) is 0 Å². The van der Waals surface area contributed by atoms with Gasteiger partial charge < -0.3 is 10.1 Å². The summed E-state index contributed by atoms with van der Waals surface area (Å²) in [4.78, 5) is 4.38. The first-order valence-corrected chi connectivity index (χ1v) is 7.01. The number of hydrogen-bond donors (Lipinski definition) is 1. The van der Waals surface area contributed by atoms with Crippen LogP contribution in [0.4, 0.5) is 11.4 Å². The number of hydrogen-bond acceptors (Lipinski definition) is 3. The molecule has 0 fully saturated rings. The van der Waals surface area contributed by atoms with Gasteiger partial charge in [-0.25, -0.2) is 0 Å². The van der Waals surface area contributed by atoms with E-state index in [2.05, 4.69) is 10.3 Å². The average molecular weight is 299 g/mol. The molecule has 0 spiro atoms. The van der Waals surface area contributed by atoms with Crippen molar-refractivity contribution in [1.82, 2.24) is 4.98 Å². The maximum Gasteiger partial charge on any atom is 0.119 e. The molecule has 0 bridgehead atoms. The van der Waals surface area contributed by atoms with Crippen molar-refractivity contribution >= 4 is 33.9 Å². The van der Waals surface area contributed by atoms with Crippen LogP contribution in [0.5, 0.6) is 5.75 Å². The number of fused-ring (bicyclic) bond motifs is 1. The molecule has 0 aliphatic heterocycles. The molecule has 3 aromatic rings. The lowest BCUT2D eigenvalue weighted by Crippen LogP contribution is -1.95. The average Bonchev–Trinajstić information content (AvgIpc) is 2.50. The van der Waals surface area contributed by atoms with Crippen molar-refractivity contribution in [3.63, 3.8) is 0 Å². The van der Waals surface area contributed by atoms with Crippen molar-refractivity contribution < 1.29 is 4.74 Å². The molecule has 0 amide bonds. The van der Waals surface area contributed by atoms with Crippen LogP contribution in [0.2, 0.25) is 5.02 Å². The third kappa shape index (κ3) is 2.78. The van der Waals surface area contributed by atoms with Gasteiger partial charge in [-0.15, -0.1) is 0 Å². The molecule has 2 aromatic carbocycles. The Morgan fingerprint density at radius 1 is 1.05 bits per heavy atom. The minimum Gasteiger partial charge on any atom is -0.497 e. The van der Waals surface area contributed by atoms with Crippen molar-refractivity contribution in [2.45, 2.75) is 6.92 Å². The fraction of sp³-hybridized carbons (Fsp3) is 0.118. The summed E-state index contributed by atoms with van der Waals surface area (Å²) in [6.07, 6.45) is 1.79. The number of benzene rings is 2. The topological polar surface area (TPSA) is 34.1 Å². The minimum absolute atomic E-state index is 0.735. The molecule has 1 N–H and O–H groups in total. The molecule has 106 valence electrons. The van der Waals surface area contributed by atoms with Gasteiger partial charge in [0.2, 0.25) is 0 Å². The van der Waals surface area contributed by atoms with Crippen LogP contribution in [0.25, 0.3) is 10.9 Å². The number of rotatable bonds is 3. The van der Waals surface area contributed by atoms with Gasteiger partial charge in [0.25, 0.3) is 0 Å². The van der Waals surface area contributed by atoms with Crippen molar-refractivity contribution in [3.8, 4) is 5.75 Å². The van der Waals surface area contributed by atoms with E-state index in [9.17, 15) is 0 Å². The molecule has 3 nitrogen and oxygen atoms in total. The van der Waals surface area contributed by atoms with E-state index in [-0.39, 0.29) is 0 Å². The molecular formula is C17H15ClN2O. The van der Waals surface area contributed by atoms with Crippen molar-refractivity contribution in [2.24, 2.45) is 0 Å². The first kappa shape index (κ1) is 13.7. The summed E-state index contributed by atoms with van der Waals surface area (Å²) < 4.78 is 5.29. The highest BCUT2D eigenvalue weighted by molar-refractivity contribution is 6.30. The molecule has 1 heterocycles. The number of nitrogens with zero attached hydrogens (tertiary/aromatic N) is 1. The van der Waals surface area contributed by atoms with Crippen molar-refractivity contribution in [1.29, 1.82) is 0 Å². The van der Waals surface area contributed by atoms with Gasteiger partial charge in [0.15, 0.2) is 0 Å². The first-order valence-electron chi connectivity index (χ1n) is 6.63. The number of methoxy groups -OCH3 is 1. The van der Waals surface area contributed by atoms with Crippen LogP contribution >= 0.6 is 11.6 Å². The van der Waals surface area contributed by atoms with Crippen molar-refractivity contribution in [3.05, 3.63) is 59.2 Å². The molecule has 0 aliphatic carbocycles. The predicted molar refractivity (Wildman–Crippen MR) is 87.8 cm³/mol. The molecule has 0 saturated heterocycles. The molecular weight excluding hydrogens is 284 g/mol. The van der Waals surface area contributed by atoms with E-state index in [1.807, 2.05) is 49.4 Å². The summed E-state index contributed by atoms with van der Waals surface area (Å²) in [6.45, 7) is 2.03. The highest BCUT2D eigenvalue weighted by atomic mass is 35.5. The van der Waals surface area contributed by atoms with Crippen LogP contribution in [0.3, 0.4) is 0 Å². The molecule has 3 rings (SSSR count). The maximum atomic E-state index is 6.00. The van der Waals surface area contributed by atoms with Gasteiger partial charge in [-0.05, 0) is 55.0 Å². The zero-order valence-electron chi connectivity index (χ0n) is 11.9. The van der Waals surface area contributed by atoms with Crippen LogP contribution in [0.1, 0.15) is 5.56 Å². The Hall–Kier alpha value is -2.26. The smallest absolute Gasteiger partial charge is 0.119 e. The molecule has 0 atom stereocenters. The number of anilines is 2.